The van der Waals surface area contributed by atoms with Crippen molar-refractivity contribution in [1.29, 1.82) is 0 Å². The van der Waals surface area contributed by atoms with Crippen molar-refractivity contribution in [3.05, 3.63) is 0 Å². The van der Waals surface area contributed by atoms with Gasteiger partial charge in [-0.15, -0.1) is 0 Å². The first kappa shape index (κ1) is 16.9. The van der Waals surface area contributed by atoms with Gasteiger partial charge < -0.3 is 14.5 Å². The van der Waals surface area contributed by atoms with Gasteiger partial charge in [-0.3, -0.25) is 0 Å². The topological polar surface area (TPSA) is 35.0 Å². The Morgan fingerprint density at radius 3 is 1.53 bits per heavy atom. The quantitative estimate of drug-likeness (QED) is 0.393. The molecule has 0 unspecified atom stereocenters. The van der Waals surface area contributed by atoms with Gasteiger partial charge in [-0.25, -0.2) is 0 Å². The van der Waals surface area contributed by atoms with Crippen LogP contribution in [0.4, 0.5) is 0 Å². The third-order valence-electron chi connectivity index (χ3n) is 2.87. The van der Waals surface area contributed by atoms with Gasteiger partial charge in [0.2, 0.25) is 0 Å². The molecule has 17 heavy (non-hydrogen) atoms. The first-order valence-electron chi connectivity index (χ1n) is 7.24. The summed E-state index contributed by atoms with van der Waals surface area (Å²) in [7, 11) is 0. The number of hydrogen-bond acceptors (Lipinski definition) is 2. The Bertz CT molecular complexity index is 125. The molecule has 0 amide bonds. The molecule has 1 heterocycles. The predicted octanol–water partition coefficient (Wildman–Crippen LogP) is 2.99. The summed E-state index contributed by atoms with van der Waals surface area (Å²) in [6, 6.07) is 0. The minimum atomic E-state index is 0.458. The van der Waals surface area contributed by atoms with Crippen molar-refractivity contribution in [3.8, 4) is 0 Å². The molecule has 0 saturated carbocycles. The van der Waals surface area contributed by atoms with Crippen LogP contribution in [0.2, 0.25) is 0 Å². The third kappa shape index (κ3) is 13.8. The lowest BCUT2D eigenvalue weighted by molar-refractivity contribution is -0.799. The number of ether oxygens (including phenoxy) is 1. The molecule has 104 valence electrons. The smallest absolute Gasteiger partial charge is 0.175 e. The molecule has 3 heteroatoms. The Kier molecular flexibility index (Phi) is 13.8. The summed E-state index contributed by atoms with van der Waals surface area (Å²) in [6.45, 7) is 6.58. The van der Waals surface area contributed by atoms with E-state index >= 15 is 0 Å². The van der Waals surface area contributed by atoms with E-state index in [9.17, 15) is 5.26 Å². The average Bonchev–Trinajstić information content (AvgIpc) is 2.35. The van der Waals surface area contributed by atoms with Crippen molar-refractivity contribution < 1.29 is 14.5 Å². The Labute approximate surface area is 107 Å². The van der Waals surface area contributed by atoms with Crippen molar-refractivity contribution in [1.82, 2.24) is 0 Å². The fourth-order valence-corrected chi connectivity index (χ4v) is 1.71. The van der Waals surface area contributed by atoms with Crippen molar-refractivity contribution in [2.45, 2.75) is 65.2 Å². The number of hydrogen-bond donors (Lipinski definition) is 0. The molecule has 3 nitrogen and oxygen atoms in total. The molecule has 0 spiro atoms. The van der Waals surface area contributed by atoms with E-state index < -0.39 is 0 Å². The summed E-state index contributed by atoms with van der Waals surface area (Å²) in [5.41, 5.74) is 0. The highest BCUT2D eigenvalue weighted by molar-refractivity contribution is 4.43. The van der Waals surface area contributed by atoms with Gasteiger partial charge in [-0.05, 0) is 0 Å². The van der Waals surface area contributed by atoms with Gasteiger partial charge in [0.25, 0.3) is 0 Å². The maximum Gasteiger partial charge on any atom is 0.175 e. The summed E-state index contributed by atoms with van der Waals surface area (Å²) in [5, 5.41) is 10.2. The molecule has 0 radical (unpaired) electrons. The van der Waals surface area contributed by atoms with E-state index in [2.05, 4.69) is 13.8 Å². The van der Waals surface area contributed by atoms with Gasteiger partial charge >= 0.3 is 0 Å². The van der Waals surface area contributed by atoms with E-state index in [0.717, 1.165) is 0 Å². The van der Waals surface area contributed by atoms with Gasteiger partial charge in [0, 0.05) is 0 Å². The predicted molar refractivity (Wildman–Crippen MR) is 69.9 cm³/mol. The van der Waals surface area contributed by atoms with Crippen molar-refractivity contribution in [3.63, 3.8) is 0 Å². The maximum absolute atomic E-state index is 10.2. The van der Waals surface area contributed by atoms with Crippen LogP contribution in [-0.4, -0.2) is 26.4 Å². The molecular formula is C14H30O3. The highest BCUT2D eigenvalue weighted by atomic mass is 17.2. The number of unbranched alkanes of at least 4 members (excludes halogenated alkanes) is 7. The van der Waals surface area contributed by atoms with Crippen LogP contribution in [0.15, 0.2) is 0 Å². The van der Waals surface area contributed by atoms with Crippen LogP contribution in [-0.2, 0) is 9.25 Å². The van der Waals surface area contributed by atoms with E-state index in [1.807, 2.05) is 0 Å². The minimum absolute atomic E-state index is 0.458. The third-order valence-corrected chi connectivity index (χ3v) is 2.87. The van der Waals surface area contributed by atoms with Gasteiger partial charge in [-0.2, -0.15) is 0 Å². The van der Waals surface area contributed by atoms with Crippen LogP contribution in [0.25, 0.3) is 0 Å². The van der Waals surface area contributed by atoms with Crippen LogP contribution in [0, 0.1) is 0 Å². The second-order valence-electron chi connectivity index (χ2n) is 4.58. The second kappa shape index (κ2) is 13.9. The largest absolute Gasteiger partial charge is 0.534 e. The SMILES string of the molecule is CCCCCCCCCC.[O-][O+]1CCOCC1. The zero-order valence-corrected chi connectivity index (χ0v) is 11.7. The van der Waals surface area contributed by atoms with Crippen LogP contribution in [0.1, 0.15) is 65.2 Å². The van der Waals surface area contributed by atoms with Gasteiger partial charge in [0.05, 0.1) is 0 Å². The van der Waals surface area contributed by atoms with E-state index in [0.29, 0.717) is 26.4 Å². The summed E-state index contributed by atoms with van der Waals surface area (Å²) in [6.07, 6.45) is 11.5. The van der Waals surface area contributed by atoms with Gasteiger partial charge in [-0.1, -0.05) is 65.2 Å². The Hall–Kier alpha value is -0.120. The summed E-state index contributed by atoms with van der Waals surface area (Å²) in [4.78, 5) is 0. The molecular weight excluding hydrogens is 216 g/mol. The lowest BCUT2D eigenvalue weighted by Crippen LogP contribution is -2.36. The second-order valence-corrected chi connectivity index (χ2v) is 4.58. The van der Waals surface area contributed by atoms with Crippen molar-refractivity contribution >= 4 is 0 Å². The molecule has 0 aromatic carbocycles. The lowest BCUT2D eigenvalue weighted by Gasteiger charge is -2.24. The molecule has 1 rings (SSSR count). The molecule has 1 aliphatic heterocycles. The fourth-order valence-electron chi connectivity index (χ4n) is 1.71. The molecule has 0 bridgehead atoms. The molecule has 0 N–H and O–H groups in total. The van der Waals surface area contributed by atoms with Crippen molar-refractivity contribution in [2.75, 3.05) is 26.4 Å². The van der Waals surface area contributed by atoms with Crippen LogP contribution in [0.5, 0.6) is 0 Å². The average molecular weight is 246 g/mol. The summed E-state index contributed by atoms with van der Waals surface area (Å²) >= 11 is 0. The van der Waals surface area contributed by atoms with Crippen LogP contribution >= 0.6 is 0 Å². The highest BCUT2D eigenvalue weighted by Crippen LogP contribution is 2.07. The lowest BCUT2D eigenvalue weighted by atomic mass is 10.1. The molecule has 0 atom stereocenters. The Morgan fingerprint density at radius 1 is 0.824 bits per heavy atom. The first-order valence-corrected chi connectivity index (χ1v) is 7.24. The van der Waals surface area contributed by atoms with Crippen LogP contribution in [0.3, 0.4) is 0 Å². The molecule has 0 aromatic heterocycles. The normalized spacial score (nSPS) is 16.4. The van der Waals surface area contributed by atoms with Gasteiger partial charge in [0.15, 0.2) is 13.2 Å². The summed E-state index contributed by atoms with van der Waals surface area (Å²) in [5.74, 6) is 0. The molecule has 1 fully saturated rings. The number of rotatable bonds is 7. The highest BCUT2D eigenvalue weighted by Gasteiger charge is 2.05. The maximum atomic E-state index is 10.2. The van der Waals surface area contributed by atoms with E-state index in [1.54, 1.807) is 4.52 Å². The van der Waals surface area contributed by atoms with Crippen molar-refractivity contribution in [2.24, 2.45) is 0 Å². The standard InChI is InChI=1S/C10H22.C4H8O3/c1-3-5-7-9-10-8-6-4-2;5-7-3-1-6-2-4-7/h3-10H2,1-2H3;1-4H2. The molecule has 1 aliphatic rings. The Morgan fingerprint density at radius 2 is 1.24 bits per heavy atom. The molecule has 1 saturated heterocycles. The minimum Gasteiger partial charge on any atom is -0.534 e. The Balaban J connectivity index is 0.000000318. The monoisotopic (exact) mass is 246 g/mol. The molecule has 0 aromatic rings. The zero-order valence-electron chi connectivity index (χ0n) is 11.7. The van der Waals surface area contributed by atoms with E-state index in [-0.39, 0.29) is 0 Å². The zero-order chi connectivity index (χ0) is 12.8. The molecule has 0 aliphatic carbocycles. The summed E-state index contributed by atoms with van der Waals surface area (Å²) < 4.78 is 6.57. The van der Waals surface area contributed by atoms with E-state index in [4.69, 9.17) is 4.74 Å². The van der Waals surface area contributed by atoms with Gasteiger partial charge in [0.1, 0.15) is 13.2 Å². The first-order chi connectivity index (χ1) is 8.31. The van der Waals surface area contributed by atoms with E-state index in [1.165, 1.54) is 51.4 Å². The van der Waals surface area contributed by atoms with Crippen LogP contribution < -0.4 is 5.26 Å². The fraction of sp³-hybridized carbons (Fsp3) is 1.00.